The monoisotopic (exact) mass is 281 g/mol. The lowest BCUT2D eigenvalue weighted by atomic mass is 10.2. The Kier molecular flexibility index (Phi) is 7.69. The Labute approximate surface area is 119 Å². The van der Waals surface area contributed by atoms with E-state index >= 15 is 0 Å². The molecule has 0 spiro atoms. The molecular formula is C15H23NO4. The van der Waals surface area contributed by atoms with Gasteiger partial charge in [-0.25, -0.2) is 4.79 Å². The van der Waals surface area contributed by atoms with E-state index in [0.29, 0.717) is 25.0 Å². The van der Waals surface area contributed by atoms with Crippen molar-refractivity contribution in [2.75, 3.05) is 37.8 Å². The van der Waals surface area contributed by atoms with Crippen molar-refractivity contribution >= 4 is 11.7 Å². The molecule has 20 heavy (non-hydrogen) atoms. The molecule has 0 aromatic heterocycles. The van der Waals surface area contributed by atoms with Crippen LogP contribution in [-0.4, -0.2) is 49.1 Å². The molecule has 1 aromatic rings. The third-order valence-corrected chi connectivity index (χ3v) is 2.92. The van der Waals surface area contributed by atoms with Crippen molar-refractivity contribution in [3.05, 3.63) is 29.8 Å². The maximum atomic E-state index is 11.6. The fourth-order valence-electron chi connectivity index (χ4n) is 1.92. The first kappa shape index (κ1) is 16.5. The molecule has 112 valence electrons. The van der Waals surface area contributed by atoms with E-state index in [0.717, 1.165) is 18.8 Å². The topological polar surface area (TPSA) is 70.0 Å². The number of ether oxygens (including phenoxy) is 1. The number of anilines is 1. The quantitative estimate of drug-likeness (QED) is 0.670. The molecule has 0 aliphatic carbocycles. The number of rotatable bonds is 9. The van der Waals surface area contributed by atoms with E-state index in [1.54, 1.807) is 19.1 Å². The molecule has 0 radical (unpaired) electrons. The number of nitrogens with zero attached hydrogens (tertiary/aromatic N) is 1. The van der Waals surface area contributed by atoms with Gasteiger partial charge in [0.15, 0.2) is 0 Å². The summed E-state index contributed by atoms with van der Waals surface area (Å²) >= 11 is 0. The van der Waals surface area contributed by atoms with Gasteiger partial charge in [0, 0.05) is 32.0 Å². The second-order valence-corrected chi connectivity index (χ2v) is 4.41. The molecule has 0 bridgehead atoms. The standard InChI is InChI=1S/C15H23NO4/c1-2-20-15(19)13-5-7-14(8-6-13)16(9-3-11-17)10-4-12-18/h5-8,17-18H,2-4,9-12H2,1H3. The average molecular weight is 281 g/mol. The highest BCUT2D eigenvalue weighted by Crippen LogP contribution is 2.16. The second-order valence-electron chi connectivity index (χ2n) is 4.41. The summed E-state index contributed by atoms with van der Waals surface area (Å²) in [6.45, 7) is 3.84. The molecule has 0 heterocycles. The van der Waals surface area contributed by atoms with Gasteiger partial charge in [0.1, 0.15) is 0 Å². The zero-order valence-electron chi connectivity index (χ0n) is 11.9. The molecule has 0 saturated carbocycles. The SMILES string of the molecule is CCOC(=O)c1ccc(N(CCCO)CCCO)cc1. The van der Waals surface area contributed by atoms with Crippen molar-refractivity contribution in [3.63, 3.8) is 0 Å². The Morgan fingerprint density at radius 1 is 1.10 bits per heavy atom. The van der Waals surface area contributed by atoms with Gasteiger partial charge in [-0.1, -0.05) is 0 Å². The van der Waals surface area contributed by atoms with E-state index in [2.05, 4.69) is 4.90 Å². The summed E-state index contributed by atoms with van der Waals surface area (Å²) in [5, 5.41) is 17.9. The van der Waals surface area contributed by atoms with Crippen LogP contribution >= 0.6 is 0 Å². The van der Waals surface area contributed by atoms with E-state index in [-0.39, 0.29) is 19.2 Å². The predicted octanol–water partition coefficient (Wildman–Crippen LogP) is 1.43. The number of carbonyl (C=O) groups is 1. The van der Waals surface area contributed by atoms with Crippen molar-refractivity contribution < 1.29 is 19.7 Å². The van der Waals surface area contributed by atoms with Crippen molar-refractivity contribution in [3.8, 4) is 0 Å². The highest BCUT2D eigenvalue weighted by molar-refractivity contribution is 5.89. The van der Waals surface area contributed by atoms with Gasteiger partial charge in [-0.2, -0.15) is 0 Å². The average Bonchev–Trinajstić information content (AvgIpc) is 2.48. The summed E-state index contributed by atoms with van der Waals surface area (Å²) in [7, 11) is 0. The van der Waals surface area contributed by atoms with E-state index in [9.17, 15) is 4.79 Å². The molecule has 1 aromatic carbocycles. The number of esters is 1. The Bertz CT molecular complexity index is 383. The van der Waals surface area contributed by atoms with Gasteiger partial charge in [0.25, 0.3) is 0 Å². The lowest BCUT2D eigenvalue weighted by molar-refractivity contribution is 0.0526. The molecule has 0 aliphatic heterocycles. The van der Waals surface area contributed by atoms with Gasteiger partial charge in [-0.3, -0.25) is 0 Å². The molecule has 0 atom stereocenters. The Balaban J connectivity index is 2.72. The van der Waals surface area contributed by atoms with Crippen LogP contribution in [-0.2, 0) is 4.74 Å². The minimum absolute atomic E-state index is 0.135. The van der Waals surface area contributed by atoms with Gasteiger partial charge in [0.2, 0.25) is 0 Å². The van der Waals surface area contributed by atoms with E-state index in [1.165, 1.54) is 0 Å². The van der Waals surface area contributed by atoms with E-state index < -0.39 is 0 Å². The first-order chi connectivity index (χ1) is 9.72. The molecule has 0 aliphatic rings. The number of carbonyl (C=O) groups excluding carboxylic acids is 1. The smallest absolute Gasteiger partial charge is 0.338 e. The lowest BCUT2D eigenvalue weighted by Crippen LogP contribution is -2.27. The summed E-state index contributed by atoms with van der Waals surface area (Å²) in [5.74, 6) is -0.323. The van der Waals surface area contributed by atoms with Crippen LogP contribution in [0.1, 0.15) is 30.1 Å². The largest absolute Gasteiger partial charge is 0.462 e. The van der Waals surface area contributed by atoms with E-state index in [4.69, 9.17) is 14.9 Å². The lowest BCUT2D eigenvalue weighted by Gasteiger charge is -2.24. The molecule has 5 heteroatoms. The van der Waals surface area contributed by atoms with Crippen LogP contribution in [0.25, 0.3) is 0 Å². The highest BCUT2D eigenvalue weighted by Gasteiger charge is 2.09. The third kappa shape index (κ3) is 5.19. The predicted molar refractivity (Wildman–Crippen MR) is 78.0 cm³/mol. The maximum Gasteiger partial charge on any atom is 0.338 e. The number of benzene rings is 1. The molecule has 0 unspecified atom stereocenters. The van der Waals surface area contributed by atoms with Crippen LogP contribution < -0.4 is 4.90 Å². The normalized spacial score (nSPS) is 10.3. The maximum absolute atomic E-state index is 11.6. The Morgan fingerprint density at radius 3 is 2.10 bits per heavy atom. The molecule has 2 N–H and O–H groups in total. The zero-order chi connectivity index (χ0) is 14.8. The molecular weight excluding hydrogens is 258 g/mol. The van der Waals surface area contributed by atoms with Crippen molar-refractivity contribution in [2.24, 2.45) is 0 Å². The molecule has 0 amide bonds. The summed E-state index contributed by atoms with van der Waals surface area (Å²) in [6.07, 6.45) is 1.34. The summed E-state index contributed by atoms with van der Waals surface area (Å²) in [6, 6.07) is 7.19. The van der Waals surface area contributed by atoms with Crippen LogP contribution in [0.5, 0.6) is 0 Å². The van der Waals surface area contributed by atoms with Gasteiger partial charge in [-0.15, -0.1) is 0 Å². The number of aliphatic hydroxyl groups is 2. The van der Waals surface area contributed by atoms with Crippen molar-refractivity contribution in [1.82, 2.24) is 0 Å². The summed E-state index contributed by atoms with van der Waals surface area (Å²) < 4.78 is 4.94. The minimum atomic E-state index is -0.323. The van der Waals surface area contributed by atoms with Crippen molar-refractivity contribution in [2.45, 2.75) is 19.8 Å². The van der Waals surface area contributed by atoms with Crippen molar-refractivity contribution in [1.29, 1.82) is 0 Å². The minimum Gasteiger partial charge on any atom is -0.462 e. The Hall–Kier alpha value is -1.59. The van der Waals surface area contributed by atoms with Crippen LogP contribution in [0.3, 0.4) is 0 Å². The third-order valence-electron chi connectivity index (χ3n) is 2.92. The van der Waals surface area contributed by atoms with Gasteiger partial charge in [-0.05, 0) is 44.0 Å². The first-order valence-corrected chi connectivity index (χ1v) is 6.96. The van der Waals surface area contributed by atoms with Crippen LogP contribution in [0.2, 0.25) is 0 Å². The fourth-order valence-corrected chi connectivity index (χ4v) is 1.92. The first-order valence-electron chi connectivity index (χ1n) is 6.96. The molecule has 0 fully saturated rings. The number of hydrogen-bond acceptors (Lipinski definition) is 5. The zero-order valence-corrected chi connectivity index (χ0v) is 11.9. The van der Waals surface area contributed by atoms with E-state index in [1.807, 2.05) is 12.1 Å². The summed E-state index contributed by atoms with van der Waals surface area (Å²) in [5.41, 5.74) is 1.50. The van der Waals surface area contributed by atoms with Gasteiger partial charge >= 0.3 is 5.97 Å². The van der Waals surface area contributed by atoms with Crippen LogP contribution in [0.15, 0.2) is 24.3 Å². The fraction of sp³-hybridized carbons (Fsp3) is 0.533. The molecule has 0 saturated heterocycles. The molecule has 5 nitrogen and oxygen atoms in total. The highest BCUT2D eigenvalue weighted by atomic mass is 16.5. The number of hydrogen-bond donors (Lipinski definition) is 2. The van der Waals surface area contributed by atoms with Gasteiger partial charge in [0.05, 0.1) is 12.2 Å². The Morgan fingerprint density at radius 2 is 1.65 bits per heavy atom. The van der Waals surface area contributed by atoms with Crippen LogP contribution in [0, 0.1) is 0 Å². The number of aliphatic hydroxyl groups excluding tert-OH is 2. The molecule has 1 rings (SSSR count). The van der Waals surface area contributed by atoms with Crippen LogP contribution in [0.4, 0.5) is 5.69 Å². The second kappa shape index (κ2) is 9.34. The summed E-state index contributed by atoms with van der Waals surface area (Å²) in [4.78, 5) is 13.7. The van der Waals surface area contributed by atoms with Gasteiger partial charge < -0.3 is 19.8 Å².